The van der Waals surface area contributed by atoms with Crippen LogP contribution in [-0.4, -0.2) is 55.3 Å². The van der Waals surface area contributed by atoms with E-state index >= 15 is 0 Å². The summed E-state index contributed by atoms with van der Waals surface area (Å²) in [6, 6.07) is 5.54. The van der Waals surface area contributed by atoms with Crippen molar-refractivity contribution >= 4 is 17.3 Å². The Morgan fingerprint density at radius 3 is 2.80 bits per heavy atom. The molecule has 0 bridgehead atoms. The minimum absolute atomic E-state index is 0.0132. The van der Waals surface area contributed by atoms with Crippen LogP contribution in [0.3, 0.4) is 0 Å². The van der Waals surface area contributed by atoms with E-state index in [9.17, 15) is 9.90 Å². The fourth-order valence-electron chi connectivity index (χ4n) is 2.41. The predicted molar refractivity (Wildman–Crippen MR) is 77.9 cm³/mol. The van der Waals surface area contributed by atoms with Gasteiger partial charge in [0, 0.05) is 44.9 Å². The number of anilines is 2. The molecule has 6 heteroatoms. The van der Waals surface area contributed by atoms with E-state index in [1.54, 1.807) is 18.1 Å². The number of nitrogen functional groups attached to an aromatic ring is 1. The van der Waals surface area contributed by atoms with Crippen molar-refractivity contribution in [2.75, 3.05) is 43.9 Å². The molecule has 20 heavy (non-hydrogen) atoms. The van der Waals surface area contributed by atoms with E-state index in [4.69, 9.17) is 10.5 Å². The molecule has 0 aliphatic carbocycles. The van der Waals surface area contributed by atoms with Gasteiger partial charge in [-0.3, -0.25) is 4.79 Å². The largest absolute Gasteiger partial charge is 0.495 e. The molecular formula is C14H21N3O3. The van der Waals surface area contributed by atoms with Gasteiger partial charge in [-0.2, -0.15) is 0 Å². The van der Waals surface area contributed by atoms with Gasteiger partial charge in [-0.05, 0) is 12.1 Å². The molecule has 1 heterocycles. The minimum atomic E-state index is -0.565. The van der Waals surface area contributed by atoms with Crippen LogP contribution in [0.4, 0.5) is 11.4 Å². The number of hydrogen-bond acceptors (Lipinski definition) is 5. The first-order chi connectivity index (χ1) is 9.51. The maximum atomic E-state index is 11.4. The first kappa shape index (κ1) is 14.5. The maximum Gasteiger partial charge on any atom is 0.219 e. The van der Waals surface area contributed by atoms with Gasteiger partial charge in [0.25, 0.3) is 0 Å². The van der Waals surface area contributed by atoms with E-state index in [2.05, 4.69) is 0 Å². The van der Waals surface area contributed by atoms with Gasteiger partial charge >= 0.3 is 0 Å². The zero-order valence-corrected chi connectivity index (χ0v) is 11.9. The Balaban J connectivity index is 2.18. The summed E-state index contributed by atoms with van der Waals surface area (Å²) in [6.07, 6.45) is -0.565. The molecule has 110 valence electrons. The van der Waals surface area contributed by atoms with Crippen LogP contribution < -0.4 is 15.4 Å². The van der Waals surface area contributed by atoms with Crippen LogP contribution in [0.2, 0.25) is 0 Å². The number of nitrogens with two attached hydrogens (primary N) is 1. The monoisotopic (exact) mass is 279 g/mol. The maximum absolute atomic E-state index is 11.4. The Kier molecular flexibility index (Phi) is 4.34. The van der Waals surface area contributed by atoms with Gasteiger partial charge in [0.05, 0.1) is 18.9 Å². The van der Waals surface area contributed by atoms with E-state index in [1.165, 1.54) is 6.92 Å². The minimum Gasteiger partial charge on any atom is -0.495 e. The number of aliphatic hydroxyl groups is 1. The van der Waals surface area contributed by atoms with Crippen molar-refractivity contribution in [2.45, 2.75) is 13.0 Å². The lowest BCUT2D eigenvalue weighted by Crippen LogP contribution is -2.36. The number of β-amino-alcohol motifs (C(OH)–C–C–N with tert-alkyl or cyclic N) is 1. The lowest BCUT2D eigenvalue weighted by atomic mass is 10.2. The third-order valence-electron chi connectivity index (χ3n) is 3.53. The summed E-state index contributed by atoms with van der Waals surface area (Å²) in [5, 5.41) is 10.0. The van der Waals surface area contributed by atoms with Crippen LogP contribution in [0.25, 0.3) is 0 Å². The van der Waals surface area contributed by atoms with E-state index in [1.807, 2.05) is 17.0 Å². The number of benzene rings is 1. The molecule has 1 fully saturated rings. The topological polar surface area (TPSA) is 79.0 Å². The smallest absolute Gasteiger partial charge is 0.219 e. The van der Waals surface area contributed by atoms with Crippen molar-refractivity contribution < 1.29 is 14.6 Å². The lowest BCUT2D eigenvalue weighted by Gasteiger charge is -2.24. The Hall–Kier alpha value is -1.95. The highest BCUT2D eigenvalue weighted by Gasteiger charge is 2.23. The van der Waals surface area contributed by atoms with Gasteiger partial charge in [0.1, 0.15) is 5.75 Å². The van der Waals surface area contributed by atoms with Gasteiger partial charge in [-0.1, -0.05) is 0 Å². The van der Waals surface area contributed by atoms with E-state index in [-0.39, 0.29) is 5.91 Å². The molecule has 1 aliphatic heterocycles. The van der Waals surface area contributed by atoms with Gasteiger partial charge in [-0.15, -0.1) is 0 Å². The predicted octanol–water partition coefficient (Wildman–Crippen LogP) is 0.307. The molecule has 1 saturated heterocycles. The molecule has 3 N–H and O–H groups in total. The van der Waals surface area contributed by atoms with Crippen LogP contribution in [0.15, 0.2) is 18.2 Å². The number of methoxy groups -OCH3 is 1. The highest BCUT2D eigenvalue weighted by molar-refractivity contribution is 5.73. The van der Waals surface area contributed by atoms with Crippen molar-refractivity contribution in [3.63, 3.8) is 0 Å². The van der Waals surface area contributed by atoms with Gasteiger partial charge in [0.15, 0.2) is 0 Å². The Morgan fingerprint density at radius 1 is 1.40 bits per heavy atom. The lowest BCUT2D eigenvalue weighted by molar-refractivity contribution is -0.129. The van der Waals surface area contributed by atoms with Crippen LogP contribution in [0.1, 0.15) is 6.92 Å². The molecule has 2 rings (SSSR count). The number of nitrogens with zero attached hydrogens (tertiary/aromatic N) is 2. The molecule has 0 radical (unpaired) electrons. The summed E-state index contributed by atoms with van der Waals surface area (Å²) in [5.41, 5.74) is 7.32. The summed E-state index contributed by atoms with van der Waals surface area (Å²) < 4.78 is 5.22. The second-order valence-electron chi connectivity index (χ2n) is 4.99. The number of ether oxygens (including phenoxy) is 1. The number of hydrogen-bond donors (Lipinski definition) is 2. The average Bonchev–Trinajstić information content (AvgIpc) is 2.61. The quantitative estimate of drug-likeness (QED) is 0.762. The molecule has 1 unspecified atom stereocenters. The molecule has 6 nitrogen and oxygen atoms in total. The van der Waals surface area contributed by atoms with Crippen molar-refractivity contribution in [2.24, 2.45) is 0 Å². The highest BCUT2D eigenvalue weighted by Crippen LogP contribution is 2.28. The first-order valence-corrected chi connectivity index (χ1v) is 6.63. The first-order valence-electron chi connectivity index (χ1n) is 6.63. The van der Waals surface area contributed by atoms with Crippen LogP contribution in [0.5, 0.6) is 5.75 Å². The van der Waals surface area contributed by atoms with Gasteiger partial charge in [0.2, 0.25) is 5.91 Å². The Labute approximate surface area is 118 Å². The summed E-state index contributed by atoms with van der Waals surface area (Å²) in [5.74, 6) is 0.602. The third kappa shape index (κ3) is 3.14. The second-order valence-corrected chi connectivity index (χ2v) is 4.99. The molecule has 0 spiro atoms. The Morgan fingerprint density at radius 2 is 2.15 bits per heavy atom. The zero-order chi connectivity index (χ0) is 14.7. The molecule has 1 amide bonds. The second kappa shape index (κ2) is 6.00. The standard InChI is InChI=1S/C14H21N3O3/c1-10(18)16-5-6-17(9-12(19)8-16)11-3-4-13(15)14(7-11)20-2/h3-4,7,12,19H,5-6,8-9,15H2,1-2H3. The van der Waals surface area contributed by atoms with Gasteiger partial charge in [-0.25, -0.2) is 0 Å². The Bertz CT molecular complexity index is 493. The van der Waals surface area contributed by atoms with Crippen LogP contribution in [-0.2, 0) is 4.79 Å². The fraction of sp³-hybridized carbons (Fsp3) is 0.500. The highest BCUT2D eigenvalue weighted by atomic mass is 16.5. The third-order valence-corrected chi connectivity index (χ3v) is 3.53. The number of rotatable bonds is 2. The van der Waals surface area contributed by atoms with Gasteiger partial charge < -0.3 is 25.4 Å². The molecular weight excluding hydrogens is 258 g/mol. The number of carbonyl (C=O) groups excluding carboxylic acids is 1. The molecule has 1 aliphatic rings. The summed E-state index contributed by atoms with van der Waals surface area (Å²) in [6.45, 7) is 3.65. The SMILES string of the molecule is COc1cc(N2CCN(C(C)=O)CC(O)C2)ccc1N. The average molecular weight is 279 g/mol. The van der Waals surface area contributed by atoms with Crippen LogP contribution >= 0.6 is 0 Å². The van der Waals surface area contributed by atoms with Crippen LogP contribution in [0, 0.1) is 0 Å². The molecule has 1 atom stereocenters. The molecule has 1 aromatic rings. The van der Waals surface area contributed by atoms with E-state index in [0.29, 0.717) is 37.6 Å². The molecule has 0 aromatic heterocycles. The summed E-state index contributed by atoms with van der Waals surface area (Å²) in [4.78, 5) is 15.1. The number of amides is 1. The zero-order valence-electron chi connectivity index (χ0n) is 11.9. The summed E-state index contributed by atoms with van der Waals surface area (Å²) in [7, 11) is 1.57. The van der Waals surface area contributed by atoms with E-state index < -0.39 is 6.10 Å². The fourth-order valence-corrected chi connectivity index (χ4v) is 2.41. The number of aliphatic hydroxyl groups excluding tert-OH is 1. The summed E-state index contributed by atoms with van der Waals surface area (Å²) >= 11 is 0. The molecule has 1 aromatic carbocycles. The van der Waals surface area contributed by atoms with Crippen molar-refractivity contribution in [1.29, 1.82) is 0 Å². The normalized spacial score (nSPS) is 19.6. The number of carbonyl (C=O) groups is 1. The van der Waals surface area contributed by atoms with E-state index in [0.717, 1.165) is 5.69 Å². The van der Waals surface area contributed by atoms with Crippen molar-refractivity contribution in [1.82, 2.24) is 4.90 Å². The van der Waals surface area contributed by atoms with Crippen molar-refractivity contribution in [3.05, 3.63) is 18.2 Å². The molecule has 0 saturated carbocycles. The van der Waals surface area contributed by atoms with Crippen molar-refractivity contribution in [3.8, 4) is 5.75 Å².